The molecule has 0 aromatic carbocycles. The number of allylic oxidation sites excluding steroid dienone is 2. The van der Waals surface area contributed by atoms with E-state index in [9.17, 15) is 4.79 Å². The smallest absolute Gasteiger partial charge is 0.305 e. The second kappa shape index (κ2) is 11.3. The normalized spacial score (nSPS) is 10.8. The first-order valence-electron chi connectivity index (χ1n) is 6.11. The van der Waals surface area contributed by atoms with Crippen LogP contribution in [0.2, 0.25) is 0 Å². The Morgan fingerprint density at radius 1 is 1.13 bits per heavy atom. The van der Waals surface area contributed by atoms with Gasteiger partial charge >= 0.3 is 5.97 Å². The van der Waals surface area contributed by atoms with E-state index in [1.54, 1.807) is 0 Å². The third-order valence-electron chi connectivity index (χ3n) is 2.13. The minimum Gasteiger partial charge on any atom is -0.466 e. The van der Waals surface area contributed by atoms with Crippen molar-refractivity contribution < 1.29 is 9.53 Å². The molecule has 0 bridgehead atoms. The zero-order valence-electron chi connectivity index (χ0n) is 10.1. The standard InChI is InChI=1S/C13H24O2/c1-3-5-6-7-8-9-10-12-15-13(14)11-4-2/h5-6H,3-4,7-12H2,1-2H3. The van der Waals surface area contributed by atoms with Gasteiger partial charge in [0.15, 0.2) is 0 Å². The molecule has 0 aromatic heterocycles. The van der Waals surface area contributed by atoms with Gasteiger partial charge < -0.3 is 4.74 Å². The summed E-state index contributed by atoms with van der Waals surface area (Å²) in [7, 11) is 0. The Morgan fingerprint density at radius 3 is 2.60 bits per heavy atom. The van der Waals surface area contributed by atoms with Gasteiger partial charge in [-0.15, -0.1) is 0 Å². The molecule has 0 aromatic rings. The lowest BCUT2D eigenvalue weighted by atomic mass is 10.2. The average Bonchev–Trinajstić information content (AvgIpc) is 2.22. The molecule has 0 heterocycles. The molecule has 88 valence electrons. The number of unbranched alkanes of at least 4 members (excludes halogenated alkanes) is 3. The van der Waals surface area contributed by atoms with Crippen molar-refractivity contribution in [3.8, 4) is 0 Å². The van der Waals surface area contributed by atoms with Crippen molar-refractivity contribution in [1.29, 1.82) is 0 Å². The summed E-state index contributed by atoms with van der Waals surface area (Å²) >= 11 is 0. The Bertz CT molecular complexity index is 173. The number of rotatable bonds is 9. The van der Waals surface area contributed by atoms with E-state index in [1.807, 2.05) is 6.92 Å². The van der Waals surface area contributed by atoms with Gasteiger partial charge in [-0.1, -0.05) is 26.0 Å². The van der Waals surface area contributed by atoms with E-state index in [0.717, 1.165) is 32.1 Å². The van der Waals surface area contributed by atoms with Crippen molar-refractivity contribution in [2.75, 3.05) is 6.61 Å². The van der Waals surface area contributed by atoms with Gasteiger partial charge in [-0.05, 0) is 38.5 Å². The maximum atomic E-state index is 11.0. The summed E-state index contributed by atoms with van der Waals surface area (Å²) < 4.78 is 5.05. The van der Waals surface area contributed by atoms with Crippen LogP contribution in [0.5, 0.6) is 0 Å². The second-order valence-corrected chi connectivity index (χ2v) is 3.70. The molecule has 0 fully saturated rings. The van der Waals surface area contributed by atoms with E-state index in [4.69, 9.17) is 4.74 Å². The summed E-state index contributed by atoms with van der Waals surface area (Å²) in [5.74, 6) is -0.0524. The molecule has 0 rings (SSSR count). The summed E-state index contributed by atoms with van der Waals surface area (Å²) in [6, 6.07) is 0. The SMILES string of the molecule is CCC=CCCCCCOC(=O)CCC. The van der Waals surface area contributed by atoms with Crippen molar-refractivity contribution in [3.63, 3.8) is 0 Å². The molecular formula is C13H24O2. The van der Waals surface area contributed by atoms with Gasteiger partial charge in [0.25, 0.3) is 0 Å². The van der Waals surface area contributed by atoms with Gasteiger partial charge in [0.05, 0.1) is 6.61 Å². The summed E-state index contributed by atoms with van der Waals surface area (Å²) in [6.07, 6.45) is 11.5. The lowest BCUT2D eigenvalue weighted by Gasteiger charge is -2.02. The van der Waals surface area contributed by atoms with Crippen LogP contribution in [0.25, 0.3) is 0 Å². The number of carbonyl (C=O) groups excluding carboxylic acids is 1. The fourth-order valence-corrected chi connectivity index (χ4v) is 1.29. The monoisotopic (exact) mass is 212 g/mol. The van der Waals surface area contributed by atoms with Crippen LogP contribution in [0, 0.1) is 0 Å². The zero-order valence-corrected chi connectivity index (χ0v) is 10.1. The Morgan fingerprint density at radius 2 is 1.93 bits per heavy atom. The third-order valence-corrected chi connectivity index (χ3v) is 2.13. The molecule has 2 nitrogen and oxygen atoms in total. The molecule has 0 aliphatic carbocycles. The fourth-order valence-electron chi connectivity index (χ4n) is 1.29. The largest absolute Gasteiger partial charge is 0.466 e. The maximum Gasteiger partial charge on any atom is 0.305 e. The van der Waals surface area contributed by atoms with Crippen LogP contribution in [-0.2, 0) is 9.53 Å². The van der Waals surface area contributed by atoms with Gasteiger partial charge in [0.2, 0.25) is 0 Å². The molecule has 0 aliphatic rings. The predicted molar refractivity (Wildman–Crippen MR) is 63.8 cm³/mol. The molecule has 0 aliphatic heterocycles. The van der Waals surface area contributed by atoms with E-state index in [-0.39, 0.29) is 5.97 Å². The quantitative estimate of drug-likeness (QED) is 0.329. The molecule has 0 spiro atoms. The molecule has 0 N–H and O–H groups in total. The van der Waals surface area contributed by atoms with E-state index in [0.29, 0.717) is 13.0 Å². The van der Waals surface area contributed by atoms with E-state index in [1.165, 1.54) is 6.42 Å². The summed E-state index contributed by atoms with van der Waals surface area (Å²) in [5, 5.41) is 0. The molecule has 0 saturated carbocycles. The molecular weight excluding hydrogens is 188 g/mol. The highest BCUT2D eigenvalue weighted by atomic mass is 16.5. The summed E-state index contributed by atoms with van der Waals surface area (Å²) in [5.41, 5.74) is 0. The molecule has 2 heteroatoms. The third kappa shape index (κ3) is 11.1. The highest BCUT2D eigenvalue weighted by Crippen LogP contribution is 2.02. The summed E-state index contributed by atoms with van der Waals surface area (Å²) in [4.78, 5) is 11.0. The second-order valence-electron chi connectivity index (χ2n) is 3.70. The van der Waals surface area contributed by atoms with Crippen LogP contribution >= 0.6 is 0 Å². The van der Waals surface area contributed by atoms with Crippen molar-refractivity contribution in [3.05, 3.63) is 12.2 Å². The average molecular weight is 212 g/mol. The van der Waals surface area contributed by atoms with Crippen LogP contribution in [0.3, 0.4) is 0 Å². The van der Waals surface area contributed by atoms with Crippen LogP contribution in [-0.4, -0.2) is 12.6 Å². The number of carbonyl (C=O) groups is 1. The van der Waals surface area contributed by atoms with Crippen LogP contribution in [0.1, 0.15) is 58.8 Å². The Labute approximate surface area is 93.7 Å². The summed E-state index contributed by atoms with van der Waals surface area (Å²) in [6.45, 7) is 4.72. The van der Waals surface area contributed by atoms with Crippen molar-refractivity contribution in [2.24, 2.45) is 0 Å². The lowest BCUT2D eigenvalue weighted by molar-refractivity contribution is -0.143. The number of hydrogen-bond acceptors (Lipinski definition) is 2. The first-order chi connectivity index (χ1) is 7.31. The van der Waals surface area contributed by atoms with Crippen molar-refractivity contribution >= 4 is 5.97 Å². The number of esters is 1. The first-order valence-corrected chi connectivity index (χ1v) is 6.11. The highest BCUT2D eigenvalue weighted by molar-refractivity contribution is 5.69. The highest BCUT2D eigenvalue weighted by Gasteiger charge is 1.98. The Hall–Kier alpha value is -0.790. The van der Waals surface area contributed by atoms with Crippen LogP contribution in [0.4, 0.5) is 0 Å². The number of ether oxygens (including phenoxy) is 1. The first kappa shape index (κ1) is 14.2. The minimum absolute atomic E-state index is 0.0524. The van der Waals surface area contributed by atoms with E-state index >= 15 is 0 Å². The van der Waals surface area contributed by atoms with Crippen molar-refractivity contribution in [1.82, 2.24) is 0 Å². The minimum atomic E-state index is -0.0524. The van der Waals surface area contributed by atoms with Crippen LogP contribution in [0.15, 0.2) is 12.2 Å². The molecule has 15 heavy (non-hydrogen) atoms. The van der Waals surface area contributed by atoms with Crippen LogP contribution < -0.4 is 0 Å². The van der Waals surface area contributed by atoms with Gasteiger partial charge in [-0.3, -0.25) is 4.79 Å². The van der Waals surface area contributed by atoms with E-state index in [2.05, 4.69) is 19.1 Å². The molecule has 0 amide bonds. The fraction of sp³-hybridized carbons (Fsp3) is 0.769. The molecule has 0 saturated heterocycles. The molecule has 0 atom stereocenters. The zero-order chi connectivity index (χ0) is 11.4. The van der Waals surface area contributed by atoms with Gasteiger partial charge in [-0.25, -0.2) is 0 Å². The molecule has 0 unspecified atom stereocenters. The van der Waals surface area contributed by atoms with E-state index < -0.39 is 0 Å². The Balaban J connectivity index is 3.11. The topological polar surface area (TPSA) is 26.3 Å². The van der Waals surface area contributed by atoms with Crippen molar-refractivity contribution in [2.45, 2.75) is 58.8 Å². The van der Waals surface area contributed by atoms with Gasteiger partial charge in [0.1, 0.15) is 0 Å². The predicted octanol–water partition coefficient (Wildman–Crippen LogP) is 3.86. The van der Waals surface area contributed by atoms with Gasteiger partial charge in [-0.2, -0.15) is 0 Å². The Kier molecular flexibility index (Phi) is 10.7. The molecule has 0 radical (unpaired) electrons. The number of hydrogen-bond donors (Lipinski definition) is 0. The van der Waals surface area contributed by atoms with Gasteiger partial charge in [0, 0.05) is 6.42 Å². The lowest BCUT2D eigenvalue weighted by Crippen LogP contribution is -2.04. The maximum absolute atomic E-state index is 11.0.